The van der Waals surface area contributed by atoms with Gasteiger partial charge in [0.05, 0.1) is 0 Å². The molecular formula is C17H21N. The normalized spacial score (nSPS) is 19.0. The van der Waals surface area contributed by atoms with Crippen LogP contribution in [0.15, 0.2) is 42.6 Å². The van der Waals surface area contributed by atoms with Crippen LogP contribution in [-0.2, 0) is 5.41 Å². The van der Waals surface area contributed by atoms with E-state index in [1.165, 1.54) is 28.1 Å². The highest BCUT2D eigenvalue weighted by molar-refractivity contribution is 5.77. The molecule has 1 nitrogen and oxygen atoms in total. The van der Waals surface area contributed by atoms with E-state index in [1.54, 1.807) is 0 Å². The minimum absolute atomic E-state index is 0.00435. The van der Waals surface area contributed by atoms with Crippen molar-refractivity contribution in [2.75, 3.05) is 5.32 Å². The molecule has 1 aromatic carbocycles. The van der Waals surface area contributed by atoms with Crippen molar-refractivity contribution in [1.82, 2.24) is 0 Å². The van der Waals surface area contributed by atoms with E-state index in [2.05, 4.69) is 70.0 Å². The van der Waals surface area contributed by atoms with Crippen molar-refractivity contribution in [3.8, 4) is 0 Å². The number of aryl methyl sites for hydroxylation is 1. The summed E-state index contributed by atoms with van der Waals surface area (Å²) in [5, 5.41) is 3.51. The van der Waals surface area contributed by atoms with Crippen LogP contribution in [0.5, 0.6) is 0 Å². The Morgan fingerprint density at radius 2 is 2.00 bits per heavy atom. The first-order valence-corrected chi connectivity index (χ1v) is 6.39. The van der Waals surface area contributed by atoms with Gasteiger partial charge in [0.15, 0.2) is 0 Å². The molecule has 1 heterocycles. The first-order valence-electron chi connectivity index (χ1n) is 6.39. The maximum absolute atomic E-state index is 3.80. The Hall–Kier alpha value is -1.76. The summed E-state index contributed by atoms with van der Waals surface area (Å²) in [6.45, 7) is 12.5. The van der Waals surface area contributed by atoms with Crippen molar-refractivity contribution in [2.45, 2.75) is 33.1 Å². The van der Waals surface area contributed by atoms with E-state index in [0.717, 1.165) is 0 Å². The molecule has 0 aliphatic carbocycles. The topological polar surface area (TPSA) is 12.0 Å². The number of fused-ring (bicyclic) bond motifs is 1. The van der Waals surface area contributed by atoms with Crippen LogP contribution in [0.25, 0.3) is 6.08 Å². The molecule has 1 aliphatic heterocycles. The Morgan fingerprint density at radius 3 is 2.61 bits per heavy atom. The lowest BCUT2D eigenvalue weighted by molar-refractivity contribution is 0.652. The molecule has 0 aromatic heterocycles. The third-order valence-electron chi connectivity index (χ3n) is 3.65. The summed E-state index contributed by atoms with van der Waals surface area (Å²) < 4.78 is 0. The highest BCUT2D eigenvalue weighted by Gasteiger charge is 2.36. The van der Waals surface area contributed by atoms with Gasteiger partial charge in [0, 0.05) is 16.8 Å². The van der Waals surface area contributed by atoms with E-state index in [0.29, 0.717) is 0 Å². The second-order valence-electron chi connectivity index (χ2n) is 5.28. The molecule has 18 heavy (non-hydrogen) atoms. The van der Waals surface area contributed by atoms with Crippen LogP contribution in [0.1, 0.15) is 37.5 Å². The van der Waals surface area contributed by atoms with Crippen LogP contribution in [0, 0.1) is 6.92 Å². The summed E-state index contributed by atoms with van der Waals surface area (Å²) in [6, 6.07) is 4.34. The largest absolute Gasteiger partial charge is 0.358 e. The van der Waals surface area contributed by atoms with E-state index in [-0.39, 0.29) is 5.41 Å². The Morgan fingerprint density at radius 1 is 1.28 bits per heavy atom. The van der Waals surface area contributed by atoms with Crippen LogP contribution in [0.3, 0.4) is 0 Å². The molecule has 2 rings (SSSR count). The van der Waals surface area contributed by atoms with Gasteiger partial charge in [-0.05, 0) is 42.7 Å². The zero-order chi connectivity index (χ0) is 13.3. The van der Waals surface area contributed by atoms with Gasteiger partial charge in [0.25, 0.3) is 0 Å². The van der Waals surface area contributed by atoms with Crippen LogP contribution < -0.4 is 5.32 Å². The molecule has 0 spiro atoms. The fraction of sp³-hybridized carbons (Fsp3) is 0.294. The smallest absolute Gasteiger partial charge is 0.0430 e. The molecule has 0 atom stereocenters. The molecule has 0 saturated heterocycles. The number of hydrogen-bond donors (Lipinski definition) is 1. The first kappa shape index (κ1) is 12.7. The summed E-state index contributed by atoms with van der Waals surface area (Å²) in [4.78, 5) is 0. The fourth-order valence-corrected chi connectivity index (χ4v) is 2.69. The maximum atomic E-state index is 3.80. The zero-order valence-electron chi connectivity index (χ0n) is 11.7. The van der Waals surface area contributed by atoms with Gasteiger partial charge in [-0.15, -0.1) is 0 Å². The lowest BCUT2D eigenvalue weighted by atomic mass is 9.80. The van der Waals surface area contributed by atoms with Gasteiger partial charge < -0.3 is 5.32 Å². The van der Waals surface area contributed by atoms with Gasteiger partial charge in [-0.3, -0.25) is 0 Å². The molecule has 1 aliphatic rings. The molecule has 1 aromatic rings. The van der Waals surface area contributed by atoms with E-state index >= 15 is 0 Å². The molecule has 1 N–H and O–H groups in total. The molecule has 0 radical (unpaired) electrons. The molecule has 0 saturated carbocycles. The van der Waals surface area contributed by atoms with Crippen molar-refractivity contribution in [3.05, 3.63) is 59.3 Å². The summed E-state index contributed by atoms with van der Waals surface area (Å²) >= 11 is 0. The van der Waals surface area contributed by atoms with Gasteiger partial charge in [0.2, 0.25) is 0 Å². The van der Waals surface area contributed by atoms with Gasteiger partial charge in [-0.2, -0.15) is 0 Å². The molecule has 0 bridgehead atoms. The average Bonchev–Trinajstić information content (AvgIpc) is 2.56. The molecule has 1 heteroatoms. The average molecular weight is 239 g/mol. The standard InChI is InChI=1S/C17H21N/c1-6-8-13-12(3)10-11-14-16(13)17(4,5)15(18-14)9-7-2/h6-11,18H,2H2,1,3-5H3/b8-6-,15-9+. The summed E-state index contributed by atoms with van der Waals surface area (Å²) in [7, 11) is 0. The zero-order valence-corrected chi connectivity index (χ0v) is 11.7. The number of benzene rings is 1. The van der Waals surface area contributed by atoms with Crippen LogP contribution >= 0.6 is 0 Å². The molecule has 0 fully saturated rings. The molecule has 94 valence electrons. The van der Waals surface area contributed by atoms with E-state index in [1.807, 2.05) is 6.08 Å². The highest BCUT2D eigenvalue weighted by atomic mass is 15.0. The molecular weight excluding hydrogens is 218 g/mol. The van der Waals surface area contributed by atoms with Crippen molar-refractivity contribution < 1.29 is 0 Å². The third-order valence-corrected chi connectivity index (χ3v) is 3.65. The SMILES string of the molecule is C=C/C=C1/Nc2ccc(C)c(/C=C\C)c2C1(C)C. The lowest BCUT2D eigenvalue weighted by Gasteiger charge is -2.22. The minimum Gasteiger partial charge on any atom is -0.358 e. The second-order valence-corrected chi connectivity index (χ2v) is 5.28. The van der Waals surface area contributed by atoms with Crippen LogP contribution in [-0.4, -0.2) is 0 Å². The number of rotatable bonds is 2. The molecule has 0 amide bonds. The van der Waals surface area contributed by atoms with Crippen LogP contribution in [0.4, 0.5) is 5.69 Å². The third kappa shape index (κ3) is 1.80. The van der Waals surface area contributed by atoms with Crippen LogP contribution in [0.2, 0.25) is 0 Å². The van der Waals surface area contributed by atoms with Gasteiger partial charge >= 0.3 is 0 Å². The van der Waals surface area contributed by atoms with E-state index in [9.17, 15) is 0 Å². The number of anilines is 1. The Labute approximate surface area is 110 Å². The Bertz CT molecular complexity index is 545. The predicted molar refractivity (Wildman–Crippen MR) is 80.8 cm³/mol. The summed E-state index contributed by atoms with van der Waals surface area (Å²) in [5.41, 5.74) is 6.47. The number of hydrogen-bond acceptors (Lipinski definition) is 1. The fourth-order valence-electron chi connectivity index (χ4n) is 2.69. The maximum Gasteiger partial charge on any atom is 0.0430 e. The first-order chi connectivity index (χ1) is 8.52. The number of nitrogens with one attached hydrogen (secondary N) is 1. The van der Waals surface area contributed by atoms with Crippen molar-refractivity contribution >= 4 is 11.8 Å². The highest BCUT2D eigenvalue weighted by Crippen LogP contribution is 2.46. The van der Waals surface area contributed by atoms with Gasteiger partial charge in [-0.25, -0.2) is 0 Å². The van der Waals surface area contributed by atoms with Crippen molar-refractivity contribution in [2.24, 2.45) is 0 Å². The minimum atomic E-state index is 0.00435. The quantitative estimate of drug-likeness (QED) is 0.781. The second kappa shape index (κ2) is 4.49. The lowest BCUT2D eigenvalue weighted by Crippen LogP contribution is -2.18. The van der Waals surface area contributed by atoms with E-state index in [4.69, 9.17) is 0 Å². The predicted octanol–water partition coefficient (Wildman–Crippen LogP) is 4.80. The summed E-state index contributed by atoms with van der Waals surface area (Å²) in [6.07, 6.45) is 8.22. The summed E-state index contributed by atoms with van der Waals surface area (Å²) in [5.74, 6) is 0. The Kier molecular flexibility index (Phi) is 3.16. The van der Waals surface area contributed by atoms with Gasteiger partial charge in [-0.1, -0.05) is 44.7 Å². The monoisotopic (exact) mass is 239 g/mol. The molecule has 0 unspecified atom stereocenters. The van der Waals surface area contributed by atoms with E-state index < -0.39 is 0 Å². The van der Waals surface area contributed by atoms with Gasteiger partial charge in [0.1, 0.15) is 0 Å². The van der Waals surface area contributed by atoms with Crippen molar-refractivity contribution in [3.63, 3.8) is 0 Å². The Balaban J connectivity index is 2.71. The number of allylic oxidation sites excluding steroid dienone is 4. The van der Waals surface area contributed by atoms with Crippen molar-refractivity contribution in [1.29, 1.82) is 0 Å².